The first-order valence-electron chi connectivity index (χ1n) is 10.6. The van der Waals surface area contributed by atoms with Gasteiger partial charge < -0.3 is 25.8 Å². The van der Waals surface area contributed by atoms with Crippen LogP contribution in [0.3, 0.4) is 0 Å². The zero-order valence-electron chi connectivity index (χ0n) is 18.0. The van der Waals surface area contributed by atoms with Crippen molar-refractivity contribution in [3.05, 3.63) is 79.0 Å². The summed E-state index contributed by atoms with van der Waals surface area (Å²) in [6, 6.07) is 22.4. The number of aromatic nitrogens is 3. The molecule has 0 aliphatic carbocycles. The molecule has 7 heteroatoms. The van der Waals surface area contributed by atoms with E-state index >= 15 is 0 Å². The smallest absolute Gasteiger partial charge is 0.222 e. The van der Waals surface area contributed by atoms with E-state index in [4.69, 9.17) is 5.73 Å². The fraction of sp³-hybridized carbons (Fsp3) is 0.0769. The molecule has 0 radical (unpaired) electrons. The van der Waals surface area contributed by atoms with Crippen molar-refractivity contribution in [3.8, 4) is 33.9 Å². The van der Waals surface area contributed by atoms with Gasteiger partial charge in [0.25, 0.3) is 0 Å². The summed E-state index contributed by atoms with van der Waals surface area (Å²) in [6.45, 7) is 2.51. The van der Waals surface area contributed by atoms with Crippen molar-refractivity contribution in [1.82, 2.24) is 15.0 Å². The number of hydrogen-bond donors (Lipinski definition) is 4. The number of para-hydroxylation sites is 2. The van der Waals surface area contributed by atoms with Crippen LogP contribution in [0.4, 0.5) is 17.5 Å². The number of nitrogens with two attached hydrogens (primary N) is 1. The maximum Gasteiger partial charge on any atom is 0.222 e. The predicted molar refractivity (Wildman–Crippen MR) is 132 cm³/mol. The van der Waals surface area contributed by atoms with Gasteiger partial charge in [-0.3, -0.25) is 0 Å². The molecule has 0 spiro atoms. The first-order valence-corrected chi connectivity index (χ1v) is 10.6. The molecule has 3 aromatic carbocycles. The molecule has 0 aliphatic heterocycles. The molecule has 0 aliphatic rings. The summed E-state index contributed by atoms with van der Waals surface area (Å²) in [5.74, 6) is 0.842. The number of aromatic hydroxyl groups is 2. The zero-order chi connectivity index (χ0) is 22.9. The number of H-pyrrole nitrogens is 1. The van der Waals surface area contributed by atoms with Crippen LogP contribution in [0.2, 0.25) is 0 Å². The van der Waals surface area contributed by atoms with Crippen LogP contribution in [0.5, 0.6) is 11.5 Å². The van der Waals surface area contributed by atoms with Crippen molar-refractivity contribution in [1.29, 1.82) is 0 Å². The van der Waals surface area contributed by atoms with Gasteiger partial charge in [-0.15, -0.1) is 0 Å². The Morgan fingerprint density at radius 1 is 0.879 bits per heavy atom. The summed E-state index contributed by atoms with van der Waals surface area (Å²) in [5, 5.41) is 22.1. The monoisotopic (exact) mass is 437 g/mol. The quantitative estimate of drug-likeness (QED) is 0.291. The topological polar surface area (TPSA) is 111 Å². The Kier molecular flexibility index (Phi) is 5.06. The first kappa shape index (κ1) is 20.4. The number of phenolic OH excluding ortho intramolecular Hbond substituents is 2. The third-order valence-electron chi connectivity index (χ3n) is 5.65. The highest BCUT2D eigenvalue weighted by Crippen LogP contribution is 2.37. The molecule has 0 atom stereocenters. The number of aromatic amines is 1. The van der Waals surface area contributed by atoms with E-state index in [2.05, 4.69) is 21.0 Å². The van der Waals surface area contributed by atoms with E-state index in [1.807, 2.05) is 60.5 Å². The lowest BCUT2D eigenvalue weighted by atomic mass is 9.99. The van der Waals surface area contributed by atoms with Crippen LogP contribution in [-0.4, -0.2) is 31.7 Å². The lowest BCUT2D eigenvalue weighted by molar-refractivity contribution is 0.475. The van der Waals surface area contributed by atoms with Gasteiger partial charge in [0, 0.05) is 29.9 Å². The largest absolute Gasteiger partial charge is 0.507 e. The van der Waals surface area contributed by atoms with E-state index in [0.29, 0.717) is 29.3 Å². The predicted octanol–water partition coefficient (Wildman–Crippen LogP) is 5.44. The third-order valence-corrected chi connectivity index (χ3v) is 5.65. The van der Waals surface area contributed by atoms with Gasteiger partial charge >= 0.3 is 0 Å². The molecule has 0 saturated heterocycles. The summed E-state index contributed by atoms with van der Waals surface area (Å²) in [7, 11) is 0. The molecule has 5 N–H and O–H groups in total. The fourth-order valence-electron chi connectivity index (χ4n) is 4.03. The van der Waals surface area contributed by atoms with Crippen molar-refractivity contribution in [3.63, 3.8) is 0 Å². The number of anilines is 3. The van der Waals surface area contributed by atoms with Crippen LogP contribution >= 0.6 is 0 Å². The van der Waals surface area contributed by atoms with Gasteiger partial charge in [-0.05, 0) is 65.9 Å². The normalized spacial score (nSPS) is 11.1. The van der Waals surface area contributed by atoms with Crippen LogP contribution in [0.15, 0.2) is 79.0 Å². The Morgan fingerprint density at radius 3 is 2.48 bits per heavy atom. The fourth-order valence-corrected chi connectivity index (χ4v) is 4.03. The highest BCUT2D eigenvalue weighted by molar-refractivity contribution is 5.86. The van der Waals surface area contributed by atoms with Gasteiger partial charge in [0.2, 0.25) is 5.95 Å². The minimum absolute atomic E-state index is 0.0786. The van der Waals surface area contributed by atoms with Crippen molar-refractivity contribution in [2.24, 2.45) is 0 Å². The molecule has 0 unspecified atom stereocenters. The first-order chi connectivity index (χ1) is 16.0. The van der Waals surface area contributed by atoms with Crippen LogP contribution in [-0.2, 0) is 0 Å². The second-order valence-electron chi connectivity index (χ2n) is 7.71. The molecule has 2 aromatic heterocycles. The lowest BCUT2D eigenvalue weighted by Crippen LogP contribution is -2.18. The van der Waals surface area contributed by atoms with Gasteiger partial charge in [-0.2, -0.15) is 4.98 Å². The van der Waals surface area contributed by atoms with Gasteiger partial charge in [0.1, 0.15) is 17.3 Å². The average Bonchev–Trinajstić information content (AvgIpc) is 3.29. The van der Waals surface area contributed by atoms with Crippen LogP contribution in [0.25, 0.3) is 33.3 Å². The summed E-state index contributed by atoms with van der Waals surface area (Å²) >= 11 is 0. The number of fused-ring (bicyclic) bond motifs is 1. The minimum atomic E-state index is 0.0786. The van der Waals surface area contributed by atoms with Gasteiger partial charge in [-0.1, -0.05) is 24.3 Å². The highest BCUT2D eigenvalue weighted by atomic mass is 16.3. The lowest BCUT2D eigenvalue weighted by Gasteiger charge is -2.23. The maximum absolute atomic E-state index is 10.7. The SMILES string of the molecule is CCN(c1cc(-c2cc(-c3ccc4[nH]ccc4c3)ccc2O)nc(N)n1)c1ccccc1O. The zero-order valence-corrected chi connectivity index (χ0v) is 18.0. The Morgan fingerprint density at radius 2 is 1.67 bits per heavy atom. The Labute approximate surface area is 190 Å². The second-order valence-corrected chi connectivity index (χ2v) is 7.71. The van der Waals surface area contributed by atoms with Gasteiger partial charge in [-0.25, -0.2) is 4.98 Å². The van der Waals surface area contributed by atoms with E-state index in [1.54, 1.807) is 24.3 Å². The molecular formula is C26H23N5O2. The van der Waals surface area contributed by atoms with E-state index in [-0.39, 0.29) is 17.4 Å². The molecule has 7 nitrogen and oxygen atoms in total. The number of phenols is 2. The number of benzene rings is 3. The van der Waals surface area contributed by atoms with Gasteiger partial charge in [0.05, 0.1) is 11.4 Å². The summed E-state index contributed by atoms with van der Waals surface area (Å²) < 4.78 is 0. The molecule has 0 bridgehead atoms. The van der Waals surface area contributed by atoms with Crippen molar-refractivity contribution >= 4 is 28.4 Å². The maximum atomic E-state index is 10.7. The van der Waals surface area contributed by atoms with Crippen LogP contribution < -0.4 is 10.6 Å². The van der Waals surface area contributed by atoms with Gasteiger partial charge in [0.15, 0.2) is 0 Å². The Hall–Kier alpha value is -4.52. The van der Waals surface area contributed by atoms with Crippen molar-refractivity contribution in [2.75, 3.05) is 17.2 Å². The molecular weight excluding hydrogens is 414 g/mol. The van der Waals surface area contributed by atoms with Crippen LogP contribution in [0.1, 0.15) is 6.92 Å². The molecule has 164 valence electrons. The number of rotatable bonds is 5. The third kappa shape index (κ3) is 3.80. The van der Waals surface area contributed by atoms with E-state index in [9.17, 15) is 10.2 Å². The summed E-state index contributed by atoms with van der Waals surface area (Å²) in [4.78, 5) is 13.8. The van der Waals surface area contributed by atoms with E-state index in [0.717, 1.165) is 22.0 Å². The van der Waals surface area contributed by atoms with Crippen molar-refractivity contribution < 1.29 is 10.2 Å². The molecule has 0 fully saturated rings. The molecule has 2 heterocycles. The van der Waals surface area contributed by atoms with E-state index < -0.39 is 0 Å². The summed E-state index contributed by atoms with van der Waals surface area (Å²) in [5.41, 5.74) is 10.7. The molecule has 33 heavy (non-hydrogen) atoms. The minimum Gasteiger partial charge on any atom is -0.507 e. The number of nitrogens with zero attached hydrogens (tertiary/aromatic N) is 3. The second kappa shape index (κ2) is 8.20. The standard InChI is InChI=1S/C26H23N5O2/c1-2-31(22-5-3-4-6-24(22)33)25-15-21(29-26(27)30-25)19-14-17(8-10-23(19)32)16-7-9-20-18(13-16)11-12-28-20/h3-15,28,32-33H,2H2,1H3,(H2,27,29,30). The van der Waals surface area contributed by atoms with E-state index in [1.165, 1.54) is 0 Å². The molecule has 5 aromatic rings. The van der Waals surface area contributed by atoms with Crippen molar-refractivity contribution in [2.45, 2.75) is 6.92 Å². The number of nitrogens with one attached hydrogen (secondary N) is 1. The number of hydrogen-bond acceptors (Lipinski definition) is 6. The molecule has 0 saturated carbocycles. The highest BCUT2D eigenvalue weighted by Gasteiger charge is 2.17. The number of nitrogen functional groups attached to an aromatic ring is 1. The van der Waals surface area contributed by atoms with Crippen LogP contribution in [0, 0.1) is 0 Å². The Balaban J connectivity index is 1.60. The Bertz CT molecular complexity index is 1460. The molecule has 0 amide bonds. The average molecular weight is 438 g/mol. The summed E-state index contributed by atoms with van der Waals surface area (Å²) in [6.07, 6.45) is 1.91. The molecule has 5 rings (SSSR count).